The van der Waals surface area contributed by atoms with Crippen LogP contribution in [-0.4, -0.2) is 50.2 Å². The van der Waals surface area contributed by atoms with Crippen LogP contribution < -0.4 is 5.73 Å². The third-order valence-electron chi connectivity index (χ3n) is 3.37. The average Bonchev–Trinajstić information content (AvgIpc) is 3.03. The Morgan fingerprint density at radius 3 is 2.76 bits per heavy atom. The maximum absolute atomic E-state index is 6.06. The van der Waals surface area contributed by atoms with Gasteiger partial charge in [-0.1, -0.05) is 18.2 Å². The molecule has 0 bridgehead atoms. The average molecular weight is 302 g/mol. The van der Waals surface area contributed by atoms with E-state index in [9.17, 15) is 0 Å². The van der Waals surface area contributed by atoms with Crippen LogP contribution in [-0.2, 0) is 6.54 Å². The van der Waals surface area contributed by atoms with E-state index >= 15 is 0 Å². The van der Waals surface area contributed by atoms with Crippen molar-refractivity contribution in [2.24, 2.45) is 10.7 Å². The van der Waals surface area contributed by atoms with Gasteiger partial charge in [0, 0.05) is 30.3 Å². The number of nitrogens with zero attached hydrogens (tertiary/aromatic N) is 5. The zero-order valence-corrected chi connectivity index (χ0v) is 12.5. The van der Waals surface area contributed by atoms with Gasteiger partial charge < -0.3 is 10.6 Å². The molecule has 2 aromatic rings. The number of nitrogens with two attached hydrogens (primary N) is 1. The lowest BCUT2D eigenvalue weighted by Crippen LogP contribution is -2.42. The van der Waals surface area contributed by atoms with Gasteiger partial charge in [-0.2, -0.15) is 11.8 Å². The normalized spacial score (nSPS) is 16.2. The predicted octanol–water partition coefficient (Wildman–Crippen LogP) is 1.13. The lowest BCUT2D eigenvalue weighted by atomic mass is 10.3. The van der Waals surface area contributed by atoms with E-state index in [0.717, 1.165) is 36.1 Å². The first kappa shape index (κ1) is 13.9. The largest absolute Gasteiger partial charge is 0.370 e. The molecule has 0 radical (unpaired) electrons. The van der Waals surface area contributed by atoms with Crippen LogP contribution in [0.1, 0.15) is 5.82 Å². The molecule has 110 valence electrons. The van der Waals surface area contributed by atoms with E-state index in [0.29, 0.717) is 12.5 Å². The van der Waals surface area contributed by atoms with Crippen molar-refractivity contribution in [2.45, 2.75) is 6.54 Å². The third-order valence-corrected chi connectivity index (χ3v) is 4.31. The van der Waals surface area contributed by atoms with E-state index in [1.165, 1.54) is 0 Å². The van der Waals surface area contributed by atoms with Crippen molar-refractivity contribution in [1.82, 2.24) is 19.7 Å². The van der Waals surface area contributed by atoms with Gasteiger partial charge in [0.2, 0.25) is 0 Å². The highest BCUT2D eigenvalue weighted by Crippen LogP contribution is 2.11. The third kappa shape index (κ3) is 3.36. The molecule has 0 saturated carbocycles. The summed E-state index contributed by atoms with van der Waals surface area (Å²) in [7, 11) is 0. The molecule has 0 spiro atoms. The molecular weight excluding hydrogens is 284 g/mol. The SMILES string of the molecule is NC(=NCc1nncn1-c1ccccc1)N1CCSCC1. The fourth-order valence-electron chi connectivity index (χ4n) is 2.22. The molecule has 0 unspecified atom stereocenters. The summed E-state index contributed by atoms with van der Waals surface area (Å²) in [4.78, 5) is 6.59. The molecule has 1 fully saturated rings. The molecular formula is C14H18N6S. The number of hydrogen-bond donors (Lipinski definition) is 1. The van der Waals surface area contributed by atoms with Crippen molar-refractivity contribution in [1.29, 1.82) is 0 Å². The van der Waals surface area contributed by atoms with E-state index in [1.54, 1.807) is 6.33 Å². The first-order chi connectivity index (χ1) is 10.3. The summed E-state index contributed by atoms with van der Waals surface area (Å²) in [5, 5.41) is 8.11. The van der Waals surface area contributed by atoms with Crippen LogP contribution in [0.2, 0.25) is 0 Å². The highest BCUT2D eigenvalue weighted by Gasteiger charge is 2.12. The molecule has 0 aliphatic carbocycles. The Morgan fingerprint density at radius 2 is 2.00 bits per heavy atom. The minimum absolute atomic E-state index is 0.435. The first-order valence-corrected chi connectivity index (χ1v) is 8.07. The van der Waals surface area contributed by atoms with Gasteiger partial charge in [0.15, 0.2) is 11.8 Å². The van der Waals surface area contributed by atoms with E-state index in [4.69, 9.17) is 5.73 Å². The zero-order valence-electron chi connectivity index (χ0n) is 11.7. The van der Waals surface area contributed by atoms with Crippen LogP contribution in [0.25, 0.3) is 5.69 Å². The molecule has 0 amide bonds. The molecule has 2 N–H and O–H groups in total. The summed E-state index contributed by atoms with van der Waals surface area (Å²) in [6.07, 6.45) is 1.70. The topological polar surface area (TPSA) is 72.3 Å². The van der Waals surface area contributed by atoms with Crippen molar-refractivity contribution in [2.75, 3.05) is 24.6 Å². The number of guanidine groups is 1. The summed E-state index contributed by atoms with van der Waals surface area (Å²) in [6, 6.07) is 9.99. The van der Waals surface area contributed by atoms with E-state index in [1.807, 2.05) is 46.7 Å². The second kappa shape index (κ2) is 6.62. The maximum Gasteiger partial charge on any atom is 0.191 e. The summed E-state index contributed by atoms with van der Waals surface area (Å²) < 4.78 is 1.93. The number of para-hydroxylation sites is 1. The molecule has 0 atom stereocenters. The van der Waals surface area contributed by atoms with Crippen molar-refractivity contribution in [3.05, 3.63) is 42.5 Å². The quantitative estimate of drug-likeness (QED) is 0.680. The monoisotopic (exact) mass is 302 g/mol. The number of aromatic nitrogens is 3. The summed E-state index contributed by atoms with van der Waals surface area (Å²) in [5.41, 5.74) is 7.09. The van der Waals surface area contributed by atoms with Crippen LogP contribution in [0.5, 0.6) is 0 Å². The van der Waals surface area contributed by atoms with Crippen molar-refractivity contribution < 1.29 is 0 Å². The summed E-state index contributed by atoms with van der Waals surface area (Å²) >= 11 is 1.95. The molecule has 3 rings (SSSR count). The Morgan fingerprint density at radius 1 is 1.24 bits per heavy atom. The molecule has 21 heavy (non-hydrogen) atoms. The Bertz CT molecular complexity index is 603. The molecule has 7 heteroatoms. The Balaban J connectivity index is 1.72. The van der Waals surface area contributed by atoms with Crippen LogP contribution in [0.4, 0.5) is 0 Å². The highest BCUT2D eigenvalue weighted by molar-refractivity contribution is 7.99. The number of hydrogen-bond acceptors (Lipinski definition) is 4. The van der Waals surface area contributed by atoms with Gasteiger partial charge >= 0.3 is 0 Å². The molecule has 1 aliphatic rings. The maximum atomic E-state index is 6.06. The van der Waals surface area contributed by atoms with Crippen LogP contribution in [0.3, 0.4) is 0 Å². The van der Waals surface area contributed by atoms with Crippen LogP contribution >= 0.6 is 11.8 Å². The van der Waals surface area contributed by atoms with Crippen molar-refractivity contribution >= 4 is 17.7 Å². The van der Waals surface area contributed by atoms with Gasteiger partial charge in [0.1, 0.15) is 12.9 Å². The van der Waals surface area contributed by atoms with Crippen molar-refractivity contribution in [3.63, 3.8) is 0 Å². The smallest absolute Gasteiger partial charge is 0.191 e. The predicted molar refractivity (Wildman–Crippen MR) is 85.6 cm³/mol. The first-order valence-electron chi connectivity index (χ1n) is 6.91. The lowest BCUT2D eigenvalue weighted by Gasteiger charge is -2.27. The molecule has 1 aromatic heterocycles. The van der Waals surface area contributed by atoms with E-state index < -0.39 is 0 Å². The van der Waals surface area contributed by atoms with Crippen LogP contribution in [0, 0.1) is 0 Å². The standard InChI is InChI=1S/C14H18N6S/c15-14(19-6-8-21-9-7-19)16-10-13-18-17-11-20(13)12-4-2-1-3-5-12/h1-5,11H,6-10H2,(H2,15,16). The van der Waals surface area contributed by atoms with Gasteiger partial charge in [-0.3, -0.25) is 4.57 Å². The Hall–Kier alpha value is -2.02. The van der Waals surface area contributed by atoms with Gasteiger partial charge in [-0.15, -0.1) is 10.2 Å². The Labute approximate surface area is 128 Å². The lowest BCUT2D eigenvalue weighted by molar-refractivity contribution is 0.455. The molecule has 2 heterocycles. The van der Waals surface area contributed by atoms with Gasteiger partial charge in [-0.25, -0.2) is 4.99 Å². The summed E-state index contributed by atoms with van der Waals surface area (Å²) in [5.74, 6) is 3.60. The number of benzene rings is 1. The molecule has 1 saturated heterocycles. The molecule has 1 aliphatic heterocycles. The number of rotatable bonds is 3. The molecule has 1 aromatic carbocycles. The number of thioether (sulfide) groups is 1. The van der Waals surface area contributed by atoms with Crippen molar-refractivity contribution in [3.8, 4) is 5.69 Å². The minimum Gasteiger partial charge on any atom is -0.370 e. The highest BCUT2D eigenvalue weighted by atomic mass is 32.2. The van der Waals surface area contributed by atoms with Gasteiger partial charge in [0.05, 0.1) is 0 Å². The second-order valence-electron chi connectivity index (χ2n) is 4.73. The fraction of sp³-hybridized carbons (Fsp3) is 0.357. The van der Waals surface area contributed by atoms with Gasteiger partial charge in [0.25, 0.3) is 0 Å². The number of aliphatic imine (C=N–C) groups is 1. The van der Waals surface area contributed by atoms with E-state index in [2.05, 4.69) is 20.1 Å². The van der Waals surface area contributed by atoms with Crippen LogP contribution in [0.15, 0.2) is 41.7 Å². The van der Waals surface area contributed by atoms with Gasteiger partial charge in [-0.05, 0) is 12.1 Å². The zero-order chi connectivity index (χ0) is 14.5. The summed E-state index contributed by atoms with van der Waals surface area (Å²) in [6.45, 7) is 2.36. The fourth-order valence-corrected chi connectivity index (χ4v) is 3.12. The minimum atomic E-state index is 0.435. The molecule has 6 nitrogen and oxygen atoms in total. The second-order valence-corrected chi connectivity index (χ2v) is 5.95. The Kier molecular flexibility index (Phi) is 4.40. The van der Waals surface area contributed by atoms with E-state index in [-0.39, 0.29) is 0 Å².